The van der Waals surface area contributed by atoms with E-state index in [-0.39, 0.29) is 6.10 Å². The first kappa shape index (κ1) is 5.06. The topological polar surface area (TPSA) is 40.1 Å². The Morgan fingerprint density at radius 1 is 1.43 bits per heavy atom. The third-order valence-corrected chi connectivity index (χ3v) is 1.36. The number of aliphatic hydroxyl groups excluding tert-OH is 1. The largest absolute Gasteiger partial charge is 0.393 e. The van der Waals surface area contributed by atoms with Crippen molar-refractivity contribution in [1.29, 1.82) is 0 Å². The summed E-state index contributed by atoms with van der Waals surface area (Å²) in [4.78, 5) is 0. The van der Waals surface area contributed by atoms with Crippen LogP contribution in [0.4, 0.5) is 0 Å². The van der Waals surface area contributed by atoms with Crippen LogP contribution < -0.4 is 0 Å². The van der Waals surface area contributed by atoms with Crippen LogP contribution in [-0.4, -0.2) is 17.3 Å². The molecule has 41 valence electrons. The molecule has 0 spiro atoms. The van der Waals surface area contributed by atoms with Gasteiger partial charge in [0.15, 0.2) is 0 Å². The van der Waals surface area contributed by atoms with Crippen molar-refractivity contribution in [2.45, 2.75) is 31.5 Å². The molecule has 1 aliphatic rings. The van der Waals surface area contributed by atoms with Crippen LogP contribution in [0.2, 0.25) is 0 Å². The lowest BCUT2D eigenvalue weighted by atomic mass is 10.3. The van der Waals surface area contributed by atoms with Crippen molar-refractivity contribution >= 4 is 0 Å². The molecule has 1 radical (unpaired) electrons. The molecule has 2 nitrogen and oxygen atoms in total. The summed E-state index contributed by atoms with van der Waals surface area (Å²) in [5, 5.41) is 19.1. The van der Waals surface area contributed by atoms with E-state index in [4.69, 9.17) is 5.11 Å². The fourth-order valence-electron chi connectivity index (χ4n) is 0.917. The van der Waals surface area contributed by atoms with E-state index < -0.39 is 6.10 Å². The van der Waals surface area contributed by atoms with E-state index in [1.165, 1.54) is 0 Å². The zero-order valence-corrected chi connectivity index (χ0v) is 4.13. The SMILES string of the molecule is [O][C@@H]1CC[C@@H](O)C1. The summed E-state index contributed by atoms with van der Waals surface area (Å²) >= 11 is 0. The van der Waals surface area contributed by atoms with Crippen LogP contribution in [0.3, 0.4) is 0 Å². The molecule has 7 heavy (non-hydrogen) atoms. The van der Waals surface area contributed by atoms with Crippen molar-refractivity contribution in [2.75, 3.05) is 0 Å². The van der Waals surface area contributed by atoms with Crippen LogP contribution in [-0.2, 0) is 5.11 Å². The summed E-state index contributed by atoms with van der Waals surface area (Å²) in [6, 6.07) is 0. The van der Waals surface area contributed by atoms with Crippen molar-refractivity contribution < 1.29 is 10.2 Å². The molecule has 0 aromatic carbocycles. The minimum Gasteiger partial charge on any atom is -0.393 e. The van der Waals surface area contributed by atoms with E-state index in [0.29, 0.717) is 19.3 Å². The maximum atomic E-state index is 10.4. The first-order valence-corrected chi connectivity index (χ1v) is 2.63. The zero-order chi connectivity index (χ0) is 5.28. The smallest absolute Gasteiger partial charge is 0.0955 e. The highest BCUT2D eigenvalue weighted by molar-refractivity contribution is 4.72. The monoisotopic (exact) mass is 101 g/mol. The van der Waals surface area contributed by atoms with E-state index in [0.717, 1.165) is 0 Å². The van der Waals surface area contributed by atoms with E-state index in [1.807, 2.05) is 0 Å². The molecule has 1 rings (SSSR count). The van der Waals surface area contributed by atoms with Crippen LogP contribution in [0.15, 0.2) is 0 Å². The average molecular weight is 101 g/mol. The van der Waals surface area contributed by atoms with Crippen molar-refractivity contribution in [1.82, 2.24) is 0 Å². The number of aliphatic hydroxyl groups is 1. The molecule has 0 aromatic rings. The number of hydrogen-bond donors (Lipinski definition) is 1. The molecule has 0 aromatic heterocycles. The molecule has 0 unspecified atom stereocenters. The van der Waals surface area contributed by atoms with E-state index in [1.54, 1.807) is 0 Å². The zero-order valence-electron chi connectivity index (χ0n) is 4.13. The summed E-state index contributed by atoms with van der Waals surface area (Å²) in [5.41, 5.74) is 0. The minimum absolute atomic E-state index is 0.289. The second-order valence-electron chi connectivity index (χ2n) is 2.09. The van der Waals surface area contributed by atoms with Gasteiger partial charge in [0.1, 0.15) is 0 Å². The van der Waals surface area contributed by atoms with Crippen LogP contribution in [0.1, 0.15) is 19.3 Å². The first-order valence-electron chi connectivity index (χ1n) is 2.63. The summed E-state index contributed by atoms with van der Waals surface area (Å²) in [6.45, 7) is 0. The van der Waals surface area contributed by atoms with Crippen molar-refractivity contribution in [2.24, 2.45) is 0 Å². The molecule has 2 atom stereocenters. The lowest BCUT2D eigenvalue weighted by Crippen LogP contribution is -2.01. The molecule has 1 fully saturated rings. The molecule has 0 heterocycles. The second-order valence-corrected chi connectivity index (χ2v) is 2.09. The lowest BCUT2D eigenvalue weighted by molar-refractivity contribution is 0.0778. The standard InChI is InChI=1S/C5H9O2/c6-4-1-2-5(7)3-4/h4-6H,1-3H2/t4-,5-/m1/s1. The molecule has 1 N–H and O–H groups in total. The van der Waals surface area contributed by atoms with Gasteiger partial charge >= 0.3 is 0 Å². The predicted octanol–water partition coefficient (Wildman–Crippen LogP) is 0.330. The Bertz CT molecular complexity index is 55.1. The third kappa shape index (κ3) is 1.14. The predicted molar refractivity (Wildman–Crippen MR) is 24.3 cm³/mol. The van der Waals surface area contributed by atoms with Gasteiger partial charge in [0.25, 0.3) is 0 Å². The van der Waals surface area contributed by atoms with Crippen molar-refractivity contribution in [3.05, 3.63) is 0 Å². The van der Waals surface area contributed by atoms with E-state index >= 15 is 0 Å². The molecule has 1 aliphatic carbocycles. The van der Waals surface area contributed by atoms with Crippen LogP contribution in [0.25, 0.3) is 0 Å². The second kappa shape index (κ2) is 1.80. The Morgan fingerprint density at radius 3 is 2.29 bits per heavy atom. The van der Waals surface area contributed by atoms with Gasteiger partial charge in [-0.15, -0.1) is 0 Å². The highest BCUT2D eigenvalue weighted by Gasteiger charge is 2.20. The Labute approximate surface area is 42.8 Å². The Morgan fingerprint density at radius 2 is 2.14 bits per heavy atom. The molecule has 0 saturated heterocycles. The van der Waals surface area contributed by atoms with Gasteiger partial charge in [-0.3, -0.25) is 0 Å². The molecule has 1 saturated carbocycles. The maximum Gasteiger partial charge on any atom is 0.0955 e. The lowest BCUT2D eigenvalue weighted by Gasteiger charge is -1.93. The molecule has 0 amide bonds. The normalized spacial score (nSPS) is 42.0. The third-order valence-electron chi connectivity index (χ3n) is 1.36. The van der Waals surface area contributed by atoms with E-state index in [9.17, 15) is 5.11 Å². The van der Waals surface area contributed by atoms with Gasteiger partial charge in [0, 0.05) is 6.42 Å². The van der Waals surface area contributed by atoms with Gasteiger partial charge in [0.05, 0.1) is 12.2 Å². The number of hydrogen-bond acceptors (Lipinski definition) is 1. The van der Waals surface area contributed by atoms with Gasteiger partial charge in [-0.05, 0) is 12.8 Å². The van der Waals surface area contributed by atoms with Crippen LogP contribution >= 0.6 is 0 Å². The summed E-state index contributed by atoms with van der Waals surface area (Å²) in [6.07, 6.45) is 1.09. The number of rotatable bonds is 0. The fourth-order valence-corrected chi connectivity index (χ4v) is 0.917. The van der Waals surface area contributed by atoms with Gasteiger partial charge in [-0.25, -0.2) is 5.11 Å². The summed E-state index contributed by atoms with van der Waals surface area (Å²) in [5.74, 6) is 0. The Hall–Kier alpha value is -0.0800. The Balaban J connectivity index is 2.26. The van der Waals surface area contributed by atoms with E-state index in [2.05, 4.69) is 0 Å². The van der Waals surface area contributed by atoms with Gasteiger partial charge in [0.2, 0.25) is 0 Å². The summed E-state index contributed by atoms with van der Waals surface area (Å²) in [7, 11) is 0. The van der Waals surface area contributed by atoms with Crippen molar-refractivity contribution in [3.8, 4) is 0 Å². The fraction of sp³-hybridized carbons (Fsp3) is 1.00. The Kier molecular flexibility index (Phi) is 1.30. The van der Waals surface area contributed by atoms with Gasteiger partial charge in [-0.2, -0.15) is 0 Å². The van der Waals surface area contributed by atoms with Crippen LogP contribution in [0.5, 0.6) is 0 Å². The average Bonchev–Trinajstić information content (AvgIpc) is 1.87. The van der Waals surface area contributed by atoms with Gasteiger partial charge < -0.3 is 5.11 Å². The van der Waals surface area contributed by atoms with Crippen LogP contribution in [0, 0.1) is 0 Å². The first-order chi connectivity index (χ1) is 3.29. The minimum atomic E-state index is -0.477. The van der Waals surface area contributed by atoms with Gasteiger partial charge in [-0.1, -0.05) is 0 Å². The quantitative estimate of drug-likeness (QED) is 0.469. The maximum absolute atomic E-state index is 10.4. The molecular formula is C5H9O2. The van der Waals surface area contributed by atoms with Crippen molar-refractivity contribution in [3.63, 3.8) is 0 Å². The molecule has 2 heteroatoms. The molecule has 0 aliphatic heterocycles. The highest BCUT2D eigenvalue weighted by Crippen LogP contribution is 2.18. The molecule has 0 bridgehead atoms. The molecular weight excluding hydrogens is 92.1 g/mol. The summed E-state index contributed by atoms with van der Waals surface area (Å²) < 4.78 is 0. The highest BCUT2D eigenvalue weighted by atomic mass is 16.3.